The summed E-state index contributed by atoms with van der Waals surface area (Å²) in [6.07, 6.45) is 2.87. The predicted molar refractivity (Wildman–Crippen MR) is 85.6 cm³/mol. The van der Waals surface area contributed by atoms with Gasteiger partial charge in [-0.05, 0) is 34.8 Å². The monoisotopic (exact) mass is 350 g/mol. The first-order valence-electron chi connectivity index (χ1n) is 6.91. The third-order valence-electron chi connectivity index (χ3n) is 3.29. The summed E-state index contributed by atoms with van der Waals surface area (Å²) in [5.74, 6) is 0.0944. The quantitative estimate of drug-likeness (QED) is 0.718. The fraction of sp³-hybridized carbons (Fsp3) is 0.375. The maximum atomic E-state index is 12.4. The van der Waals surface area contributed by atoms with Crippen molar-refractivity contribution in [3.05, 3.63) is 51.8 Å². The van der Waals surface area contributed by atoms with Crippen molar-refractivity contribution in [2.24, 2.45) is 0 Å². The van der Waals surface area contributed by atoms with E-state index in [0.717, 1.165) is 10.9 Å². The molecule has 0 radical (unpaired) electrons. The largest absolute Gasteiger partial charge is 0.383 e. The summed E-state index contributed by atoms with van der Waals surface area (Å²) in [5.41, 5.74) is 3.02. The maximum Gasteiger partial charge on any atom is 0.182 e. The van der Waals surface area contributed by atoms with Crippen molar-refractivity contribution in [3.8, 4) is 0 Å². The highest BCUT2D eigenvalue weighted by Gasteiger charge is 2.16. The minimum Gasteiger partial charge on any atom is -0.383 e. The molecule has 21 heavy (non-hydrogen) atoms. The van der Waals surface area contributed by atoms with Crippen LogP contribution in [0, 0.1) is 6.92 Å². The van der Waals surface area contributed by atoms with Gasteiger partial charge in [-0.25, -0.2) is 0 Å². The third-order valence-corrected chi connectivity index (χ3v) is 3.87. The highest BCUT2D eigenvalue weighted by molar-refractivity contribution is 9.10. The molecule has 112 valence electrons. The smallest absolute Gasteiger partial charge is 0.182 e. The Labute approximate surface area is 133 Å². The van der Waals surface area contributed by atoms with Gasteiger partial charge < -0.3 is 4.74 Å². The number of methoxy groups -OCH3 is 1. The molecule has 0 aliphatic heterocycles. The summed E-state index contributed by atoms with van der Waals surface area (Å²) in [5, 5.41) is 4.21. The predicted octanol–water partition coefficient (Wildman–Crippen LogP) is 3.42. The molecule has 1 aromatic carbocycles. The second-order valence-corrected chi connectivity index (χ2v) is 5.82. The number of carbonyl (C=O) groups excluding carboxylic acids is 1. The number of nitrogens with zero attached hydrogens (tertiary/aromatic N) is 2. The van der Waals surface area contributed by atoms with Crippen LogP contribution in [0.2, 0.25) is 0 Å². The summed E-state index contributed by atoms with van der Waals surface area (Å²) in [6, 6.07) is 8.25. The van der Waals surface area contributed by atoms with E-state index in [1.807, 2.05) is 6.07 Å². The first kappa shape index (κ1) is 15.9. The van der Waals surface area contributed by atoms with Crippen LogP contribution in [0.5, 0.6) is 0 Å². The normalized spacial score (nSPS) is 10.8. The molecule has 4 nitrogen and oxygen atoms in total. The zero-order chi connectivity index (χ0) is 15.2. The van der Waals surface area contributed by atoms with E-state index in [4.69, 9.17) is 4.74 Å². The number of benzene rings is 1. The number of hydrogen-bond acceptors (Lipinski definition) is 3. The Morgan fingerprint density at radius 3 is 2.95 bits per heavy atom. The van der Waals surface area contributed by atoms with Crippen LogP contribution >= 0.6 is 15.9 Å². The van der Waals surface area contributed by atoms with Crippen molar-refractivity contribution in [1.82, 2.24) is 9.78 Å². The van der Waals surface area contributed by atoms with E-state index in [9.17, 15) is 4.79 Å². The standard InChI is InChI=1S/C16H19BrN2O2/c1-12-4-3-5-13(10-12)6-7-15(20)16-14(17)11-18-19(16)8-9-21-2/h3-5,10-11H,6-9H2,1-2H3. The molecule has 0 spiro atoms. The number of ketones is 1. The molecule has 0 atom stereocenters. The van der Waals surface area contributed by atoms with Crippen LogP contribution in [0.25, 0.3) is 0 Å². The van der Waals surface area contributed by atoms with Crippen molar-refractivity contribution < 1.29 is 9.53 Å². The first-order valence-corrected chi connectivity index (χ1v) is 7.70. The number of ether oxygens (including phenoxy) is 1. The molecule has 0 fully saturated rings. The van der Waals surface area contributed by atoms with Gasteiger partial charge in [0.2, 0.25) is 0 Å². The van der Waals surface area contributed by atoms with Gasteiger partial charge in [0.15, 0.2) is 5.78 Å². The van der Waals surface area contributed by atoms with Gasteiger partial charge >= 0.3 is 0 Å². The molecule has 0 N–H and O–H groups in total. The molecule has 1 aromatic heterocycles. The van der Waals surface area contributed by atoms with E-state index in [2.05, 4.69) is 46.2 Å². The number of carbonyl (C=O) groups is 1. The number of halogens is 1. The van der Waals surface area contributed by atoms with E-state index in [1.165, 1.54) is 11.1 Å². The van der Waals surface area contributed by atoms with Crippen LogP contribution in [0.3, 0.4) is 0 Å². The summed E-state index contributed by atoms with van der Waals surface area (Å²) in [6.45, 7) is 3.17. The molecular formula is C16H19BrN2O2. The lowest BCUT2D eigenvalue weighted by Crippen LogP contribution is -2.14. The van der Waals surface area contributed by atoms with Crippen molar-refractivity contribution in [1.29, 1.82) is 0 Å². The Morgan fingerprint density at radius 1 is 1.43 bits per heavy atom. The summed E-state index contributed by atoms with van der Waals surface area (Å²) in [4.78, 5) is 12.4. The minimum absolute atomic E-state index is 0.0944. The SMILES string of the molecule is COCCn1ncc(Br)c1C(=O)CCc1cccc(C)c1. The second-order valence-electron chi connectivity index (χ2n) is 4.97. The van der Waals surface area contributed by atoms with E-state index in [-0.39, 0.29) is 5.78 Å². The molecule has 0 amide bonds. The Hall–Kier alpha value is -1.46. The van der Waals surface area contributed by atoms with Gasteiger partial charge in [0.1, 0.15) is 5.69 Å². The fourth-order valence-electron chi connectivity index (χ4n) is 2.23. The lowest BCUT2D eigenvalue weighted by Gasteiger charge is -2.07. The number of hydrogen-bond donors (Lipinski definition) is 0. The van der Waals surface area contributed by atoms with E-state index < -0.39 is 0 Å². The highest BCUT2D eigenvalue weighted by Crippen LogP contribution is 2.19. The fourth-order valence-corrected chi connectivity index (χ4v) is 2.75. The zero-order valence-electron chi connectivity index (χ0n) is 12.3. The molecule has 5 heteroatoms. The van der Waals surface area contributed by atoms with Crippen molar-refractivity contribution >= 4 is 21.7 Å². The van der Waals surface area contributed by atoms with Gasteiger partial charge in [0.25, 0.3) is 0 Å². The van der Waals surface area contributed by atoms with Crippen molar-refractivity contribution in [3.63, 3.8) is 0 Å². The Morgan fingerprint density at radius 2 is 2.24 bits per heavy atom. The van der Waals surface area contributed by atoms with Crippen LogP contribution in [-0.2, 0) is 17.7 Å². The van der Waals surface area contributed by atoms with Crippen LogP contribution in [0.1, 0.15) is 28.0 Å². The van der Waals surface area contributed by atoms with Gasteiger partial charge in [0.05, 0.1) is 23.8 Å². The van der Waals surface area contributed by atoms with Gasteiger partial charge in [-0.2, -0.15) is 5.10 Å². The minimum atomic E-state index is 0.0944. The molecule has 0 unspecified atom stereocenters. The molecule has 0 aliphatic rings. The van der Waals surface area contributed by atoms with Crippen LogP contribution in [-0.4, -0.2) is 29.3 Å². The molecule has 2 aromatic rings. The number of aromatic nitrogens is 2. The Bertz CT molecular complexity index is 622. The molecule has 0 aliphatic carbocycles. The van der Waals surface area contributed by atoms with Gasteiger partial charge in [-0.15, -0.1) is 0 Å². The molecule has 0 saturated heterocycles. The number of aryl methyl sites for hydroxylation is 2. The second kappa shape index (κ2) is 7.52. The summed E-state index contributed by atoms with van der Waals surface area (Å²) in [7, 11) is 1.64. The average Bonchev–Trinajstić information content (AvgIpc) is 2.83. The number of rotatable bonds is 7. The Balaban J connectivity index is 2.04. The van der Waals surface area contributed by atoms with Crippen LogP contribution in [0.15, 0.2) is 34.9 Å². The lowest BCUT2D eigenvalue weighted by atomic mass is 10.0. The van der Waals surface area contributed by atoms with Gasteiger partial charge in [-0.3, -0.25) is 9.48 Å². The van der Waals surface area contributed by atoms with E-state index in [1.54, 1.807) is 18.0 Å². The zero-order valence-corrected chi connectivity index (χ0v) is 13.9. The summed E-state index contributed by atoms with van der Waals surface area (Å²) >= 11 is 3.40. The third kappa shape index (κ3) is 4.25. The maximum absolute atomic E-state index is 12.4. The van der Waals surface area contributed by atoms with Gasteiger partial charge in [-0.1, -0.05) is 29.8 Å². The van der Waals surface area contributed by atoms with Crippen molar-refractivity contribution in [2.45, 2.75) is 26.3 Å². The van der Waals surface area contributed by atoms with E-state index in [0.29, 0.717) is 25.3 Å². The summed E-state index contributed by atoms with van der Waals surface area (Å²) < 4.78 is 7.49. The molecule has 2 rings (SSSR count). The topological polar surface area (TPSA) is 44.1 Å². The Kier molecular flexibility index (Phi) is 5.70. The van der Waals surface area contributed by atoms with Gasteiger partial charge in [0, 0.05) is 13.5 Å². The lowest BCUT2D eigenvalue weighted by molar-refractivity contribution is 0.0968. The number of Topliss-reactive ketones (excluding diaryl/α,β-unsaturated/α-hetero) is 1. The van der Waals surface area contributed by atoms with Crippen LogP contribution < -0.4 is 0 Å². The molecular weight excluding hydrogens is 332 g/mol. The molecule has 0 bridgehead atoms. The molecule has 1 heterocycles. The van der Waals surface area contributed by atoms with E-state index >= 15 is 0 Å². The van der Waals surface area contributed by atoms with Crippen LogP contribution in [0.4, 0.5) is 0 Å². The molecule has 0 saturated carbocycles. The first-order chi connectivity index (χ1) is 10.1. The van der Waals surface area contributed by atoms with Crippen molar-refractivity contribution in [2.75, 3.05) is 13.7 Å². The average molecular weight is 351 g/mol. The highest BCUT2D eigenvalue weighted by atomic mass is 79.9.